The summed E-state index contributed by atoms with van der Waals surface area (Å²) >= 11 is 0. The standard InChI is InChI=1S/C15H22F2N2O2/c1-5-18-8-11-6-12(16)15(13(17)7-11)21-9-14(20)19(4)10(2)3/h6-7,10,18H,5,8-9H2,1-4H3. The molecule has 1 rings (SSSR count). The van der Waals surface area contributed by atoms with Crippen molar-refractivity contribution in [2.45, 2.75) is 33.4 Å². The molecule has 21 heavy (non-hydrogen) atoms. The first-order valence-electron chi connectivity index (χ1n) is 6.93. The van der Waals surface area contributed by atoms with Gasteiger partial charge in [0, 0.05) is 19.6 Å². The average Bonchev–Trinajstić information content (AvgIpc) is 2.42. The number of ether oxygens (including phenoxy) is 1. The summed E-state index contributed by atoms with van der Waals surface area (Å²) in [5, 5.41) is 2.98. The number of halogens is 2. The van der Waals surface area contributed by atoms with Crippen LogP contribution in [0.25, 0.3) is 0 Å². The molecule has 0 saturated carbocycles. The SMILES string of the molecule is CCNCc1cc(F)c(OCC(=O)N(C)C(C)C)c(F)c1. The molecule has 1 aromatic rings. The smallest absolute Gasteiger partial charge is 0.260 e. The maximum atomic E-state index is 13.8. The number of nitrogens with zero attached hydrogens (tertiary/aromatic N) is 1. The third-order valence-electron chi connectivity index (χ3n) is 3.15. The average molecular weight is 300 g/mol. The van der Waals surface area contributed by atoms with Crippen molar-refractivity contribution in [3.63, 3.8) is 0 Å². The molecule has 0 fully saturated rings. The van der Waals surface area contributed by atoms with E-state index in [1.165, 1.54) is 17.0 Å². The Morgan fingerprint density at radius 1 is 1.33 bits per heavy atom. The Morgan fingerprint density at radius 3 is 2.38 bits per heavy atom. The fraction of sp³-hybridized carbons (Fsp3) is 0.533. The molecule has 1 aromatic carbocycles. The number of carbonyl (C=O) groups excluding carboxylic acids is 1. The molecule has 0 unspecified atom stereocenters. The van der Waals surface area contributed by atoms with Crippen molar-refractivity contribution in [2.24, 2.45) is 0 Å². The largest absolute Gasteiger partial charge is 0.478 e. The number of nitrogens with one attached hydrogen (secondary N) is 1. The Morgan fingerprint density at radius 2 is 1.90 bits per heavy atom. The highest BCUT2D eigenvalue weighted by atomic mass is 19.1. The molecule has 0 aromatic heterocycles. The Labute approximate surface area is 124 Å². The second-order valence-corrected chi connectivity index (χ2v) is 5.06. The lowest BCUT2D eigenvalue weighted by atomic mass is 10.2. The molecule has 0 bridgehead atoms. The van der Waals surface area contributed by atoms with Crippen molar-refractivity contribution in [3.8, 4) is 5.75 Å². The summed E-state index contributed by atoms with van der Waals surface area (Å²) < 4.78 is 32.7. The third kappa shape index (κ3) is 4.97. The summed E-state index contributed by atoms with van der Waals surface area (Å²) in [4.78, 5) is 13.2. The number of hydrogen-bond acceptors (Lipinski definition) is 3. The Bertz CT molecular complexity index is 470. The number of amides is 1. The fourth-order valence-electron chi connectivity index (χ4n) is 1.65. The van der Waals surface area contributed by atoms with Crippen molar-refractivity contribution in [1.29, 1.82) is 0 Å². The number of carbonyl (C=O) groups is 1. The Balaban J connectivity index is 2.74. The van der Waals surface area contributed by atoms with Crippen LogP contribution in [0.2, 0.25) is 0 Å². The highest BCUT2D eigenvalue weighted by Gasteiger charge is 2.17. The molecular weight excluding hydrogens is 278 g/mol. The predicted molar refractivity (Wildman–Crippen MR) is 77.1 cm³/mol. The minimum atomic E-state index is -0.803. The van der Waals surface area contributed by atoms with E-state index in [1.807, 2.05) is 20.8 Å². The van der Waals surface area contributed by atoms with Gasteiger partial charge in [-0.3, -0.25) is 4.79 Å². The quantitative estimate of drug-likeness (QED) is 0.840. The van der Waals surface area contributed by atoms with Crippen LogP contribution in [0.3, 0.4) is 0 Å². The van der Waals surface area contributed by atoms with E-state index in [9.17, 15) is 13.6 Å². The maximum Gasteiger partial charge on any atom is 0.260 e. The summed E-state index contributed by atoms with van der Waals surface area (Å²) in [5.74, 6) is -2.45. The van der Waals surface area contributed by atoms with Gasteiger partial charge < -0.3 is 15.0 Å². The van der Waals surface area contributed by atoms with Crippen LogP contribution >= 0.6 is 0 Å². The minimum absolute atomic E-state index is 0.00159. The molecule has 0 aliphatic rings. The number of hydrogen-bond donors (Lipinski definition) is 1. The molecule has 0 aliphatic carbocycles. The fourth-order valence-corrected chi connectivity index (χ4v) is 1.65. The van der Waals surface area contributed by atoms with Gasteiger partial charge in [0.25, 0.3) is 5.91 Å². The second-order valence-electron chi connectivity index (χ2n) is 5.06. The molecule has 0 spiro atoms. The number of benzene rings is 1. The zero-order chi connectivity index (χ0) is 16.0. The predicted octanol–water partition coefficient (Wildman–Crippen LogP) is 2.32. The van der Waals surface area contributed by atoms with E-state index in [1.54, 1.807) is 7.05 Å². The van der Waals surface area contributed by atoms with E-state index in [0.29, 0.717) is 18.7 Å². The van der Waals surface area contributed by atoms with Crippen LogP contribution in [0, 0.1) is 11.6 Å². The highest BCUT2D eigenvalue weighted by Crippen LogP contribution is 2.23. The lowest BCUT2D eigenvalue weighted by molar-refractivity contribution is -0.133. The van der Waals surface area contributed by atoms with E-state index in [4.69, 9.17) is 4.74 Å². The van der Waals surface area contributed by atoms with Gasteiger partial charge in [-0.1, -0.05) is 6.92 Å². The van der Waals surface area contributed by atoms with Crippen LogP contribution < -0.4 is 10.1 Å². The van der Waals surface area contributed by atoms with Crippen molar-refractivity contribution in [1.82, 2.24) is 10.2 Å². The Kier molecular flexibility index (Phi) is 6.55. The molecule has 0 heterocycles. The number of likely N-dealkylation sites (N-methyl/N-ethyl adjacent to an activating group) is 1. The highest BCUT2D eigenvalue weighted by molar-refractivity contribution is 5.77. The van der Waals surface area contributed by atoms with Crippen molar-refractivity contribution in [3.05, 3.63) is 29.3 Å². The molecule has 0 atom stereocenters. The summed E-state index contributed by atoms with van der Waals surface area (Å²) in [6.07, 6.45) is 0. The maximum absolute atomic E-state index is 13.8. The van der Waals surface area contributed by atoms with Crippen LogP contribution in [0.4, 0.5) is 8.78 Å². The van der Waals surface area contributed by atoms with Crippen LogP contribution in [0.1, 0.15) is 26.3 Å². The third-order valence-corrected chi connectivity index (χ3v) is 3.15. The first kappa shape index (κ1) is 17.4. The summed E-state index contributed by atoms with van der Waals surface area (Å²) in [5.41, 5.74) is 0.491. The zero-order valence-corrected chi connectivity index (χ0v) is 12.9. The molecule has 0 aliphatic heterocycles. The van der Waals surface area contributed by atoms with Crippen LogP contribution in [0.15, 0.2) is 12.1 Å². The normalized spacial score (nSPS) is 10.8. The minimum Gasteiger partial charge on any atom is -0.478 e. The first-order chi connectivity index (χ1) is 9.86. The van der Waals surface area contributed by atoms with Gasteiger partial charge in [-0.25, -0.2) is 8.78 Å². The van der Waals surface area contributed by atoms with E-state index >= 15 is 0 Å². The molecule has 0 radical (unpaired) electrons. The van der Waals surface area contributed by atoms with Gasteiger partial charge in [0.1, 0.15) is 0 Å². The van der Waals surface area contributed by atoms with E-state index in [2.05, 4.69) is 5.32 Å². The molecule has 1 amide bonds. The van der Waals surface area contributed by atoms with Crippen LogP contribution in [-0.2, 0) is 11.3 Å². The van der Waals surface area contributed by atoms with Crippen LogP contribution in [-0.4, -0.2) is 37.0 Å². The van der Waals surface area contributed by atoms with E-state index < -0.39 is 24.0 Å². The second kappa shape index (κ2) is 7.93. The zero-order valence-electron chi connectivity index (χ0n) is 12.9. The molecule has 118 valence electrons. The Hall–Kier alpha value is -1.69. The van der Waals surface area contributed by atoms with Gasteiger partial charge in [-0.05, 0) is 38.1 Å². The monoisotopic (exact) mass is 300 g/mol. The van der Waals surface area contributed by atoms with Crippen molar-refractivity contribution in [2.75, 3.05) is 20.2 Å². The molecule has 4 nitrogen and oxygen atoms in total. The number of rotatable bonds is 7. The summed E-state index contributed by atoms with van der Waals surface area (Å²) in [7, 11) is 1.61. The summed E-state index contributed by atoms with van der Waals surface area (Å²) in [6.45, 7) is 6.27. The van der Waals surface area contributed by atoms with Gasteiger partial charge in [0.2, 0.25) is 0 Å². The molecular formula is C15H22F2N2O2. The van der Waals surface area contributed by atoms with Gasteiger partial charge >= 0.3 is 0 Å². The molecule has 6 heteroatoms. The first-order valence-corrected chi connectivity index (χ1v) is 6.93. The van der Waals surface area contributed by atoms with Gasteiger partial charge in [-0.15, -0.1) is 0 Å². The van der Waals surface area contributed by atoms with Crippen molar-refractivity contribution >= 4 is 5.91 Å². The van der Waals surface area contributed by atoms with Crippen LogP contribution in [0.5, 0.6) is 5.75 Å². The van der Waals surface area contributed by atoms with Gasteiger partial charge in [0.05, 0.1) is 0 Å². The van der Waals surface area contributed by atoms with E-state index in [-0.39, 0.29) is 11.9 Å². The topological polar surface area (TPSA) is 41.6 Å². The van der Waals surface area contributed by atoms with Gasteiger partial charge in [0.15, 0.2) is 24.0 Å². The molecule has 0 saturated heterocycles. The van der Waals surface area contributed by atoms with Gasteiger partial charge in [-0.2, -0.15) is 0 Å². The van der Waals surface area contributed by atoms with Crippen molar-refractivity contribution < 1.29 is 18.3 Å². The lowest BCUT2D eigenvalue weighted by Gasteiger charge is -2.21. The molecule has 1 N–H and O–H groups in total. The van der Waals surface area contributed by atoms with E-state index in [0.717, 1.165) is 0 Å². The summed E-state index contributed by atoms with van der Waals surface area (Å²) in [6, 6.07) is 2.41. The lowest BCUT2D eigenvalue weighted by Crippen LogP contribution is -2.36.